The van der Waals surface area contributed by atoms with E-state index in [4.69, 9.17) is 9.47 Å². The van der Waals surface area contributed by atoms with Crippen LogP contribution in [0.15, 0.2) is 48.5 Å². The minimum Gasteiger partial charge on any atom is -0.484 e. The van der Waals surface area contributed by atoms with Crippen LogP contribution in [-0.4, -0.2) is 38.2 Å². The summed E-state index contributed by atoms with van der Waals surface area (Å²) < 4.78 is 23.2. The Balaban J connectivity index is 1.53. The number of ether oxygens (including phenoxy) is 2. The molecule has 0 radical (unpaired) electrons. The average molecular weight is 344 g/mol. The Bertz CT molecular complexity index is 747. The van der Waals surface area contributed by atoms with Gasteiger partial charge in [-0.15, -0.1) is 0 Å². The van der Waals surface area contributed by atoms with Crippen molar-refractivity contribution < 1.29 is 23.5 Å². The lowest BCUT2D eigenvalue weighted by molar-refractivity contribution is -0.125. The van der Waals surface area contributed by atoms with E-state index in [1.54, 1.807) is 29.2 Å². The molecule has 3 rings (SSSR count). The molecule has 7 heteroatoms. The van der Waals surface area contributed by atoms with Gasteiger partial charge >= 0.3 is 0 Å². The zero-order chi connectivity index (χ0) is 17.6. The van der Waals surface area contributed by atoms with Crippen LogP contribution in [0.25, 0.3) is 0 Å². The van der Waals surface area contributed by atoms with Crippen molar-refractivity contribution in [1.82, 2.24) is 0 Å². The van der Waals surface area contributed by atoms with E-state index in [-0.39, 0.29) is 30.8 Å². The van der Waals surface area contributed by atoms with Crippen LogP contribution >= 0.6 is 0 Å². The fourth-order valence-electron chi connectivity index (χ4n) is 2.39. The fourth-order valence-corrected chi connectivity index (χ4v) is 2.39. The molecule has 0 atom stereocenters. The van der Waals surface area contributed by atoms with Crippen molar-refractivity contribution in [2.24, 2.45) is 0 Å². The van der Waals surface area contributed by atoms with Gasteiger partial charge in [0.2, 0.25) is 0 Å². The van der Waals surface area contributed by atoms with E-state index in [1.807, 2.05) is 0 Å². The zero-order valence-corrected chi connectivity index (χ0v) is 13.4. The van der Waals surface area contributed by atoms with Gasteiger partial charge < -0.3 is 19.7 Å². The van der Waals surface area contributed by atoms with Gasteiger partial charge in [0.25, 0.3) is 11.8 Å². The van der Waals surface area contributed by atoms with Crippen molar-refractivity contribution in [2.45, 2.75) is 0 Å². The molecule has 130 valence electrons. The molecule has 1 aliphatic rings. The van der Waals surface area contributed by atoms with Gasteiger partial charge in [-0.25, -0.2) is 4.39 Å². The molecule has 0 spiro atoms. The third-order valence-electron chi connectivity index (χ3n) is 3.63. The average Bonchev–Trinajstić information content (AvgIpc) is 2.62. The molecule has 2 aromatic rings. The van der Waals surface area contributed by atoms with Gasteiger partial charge in [0, 0.05) is 17.9 Å². The van der Waals surface area contributed by atoms with E-state index in [1.165, 1.54) is 24.3 Å². The second-order valence-corrected chi connectivity index (χ2v) is 5.44. The number of hydrogen-bond acceptors (Lipinski definition) is 4. The number of carbonyl (C=O) groups is 2. The molecular weight excluding hydrogens is 327 g/mol. The van der Waals surface area contributed by atoms with Crippen LogP contribution < -0.4 is 15.0 Å². The molecule has 0 saturated carbocycles. The summed E-state index contributed by atoms with van der Waals surface area (Å²) in [4.78, 5) is 25.3. The summed E-state index contributed by atoms with van der Waals surface area (Å²) in [6.07, 6.45) is 0. The van der Waals surface area contributed by atoms with Gasteiger partial charge in [-0.3, -0.25) is 9.59 Å². The monoisotopic (exact) mass is 344 g/mol. The Kier molecular flexibility index (Phi) is 5.25. The number of hydrogen-bond donors (Lipinski definition) is 1. The van der Waals surface area contributed by atoms with Crippen LogP contribution in [0.2, 0.25) is 0 Å². The van der Waals surface area contributed by atoms with Gasteiger partial charge in [-0.2, -0.15) is 0 Å². The number of rotatable bonds is 5. The molecule has 1 aliphatic heterocycles. The summed E-state index contributed by atoms with van der Waals surface area (Å²) in [5, 5.41) is 2.70. The van der Waals surface area contributed by atoms with Crippen LogP contribution in [-0.2, 0) is 14.3 Å². The minimum atomic E-state index is -0.365. The summed E-state index contributed by atoms with van der Waals surface area (Å²) in [6, 6.07) is 12.4. The Labute approximate surface area is 144 Å². The summed E-state index contributed by atoms with van der Waals surface area (Å²) >= 11 is 0. The van der Waals surface area contributed by atoms with E-state index >= 15 is 0 Å². The predicted octanol–water partition coefficient (Wildman–Crippen LogP) is 2.21. The van der Waals surface area contributed by atoms with Crippen LogP contribution in [0.1, 0.15) is 0 Å². The minimum absolute atomic E-state index is 0.0826. The lowest BCUT2D eigenvalue weighted by Gasteiger charge is -2.26. The predicted molar refractivity (Wildman–Crippen MR) is 90.1 cm³/mol. The standard InChI is InChI=1S/C18H17FN2O4/c19-13-1-7-16(8-2-13)25-11-17(22)20-14-3-5-15(6-4-14)21-9-10-24-12-18(21)23/h1-8H,9-12H2,(H,20,22). The van der Waals surface area contributed by atoms with E-state index in [2.05, 4.69) is 5.32 Å². The van der Waals surface area contributed by atoms with Gasteiger partial charge in [0.1, 0.15) is 18.2 Å². The lowest BCUT2D eigenvalue weighted by Crippen LogP contribution is -2.41. The quantitative estimate of drug-likeness (QED) is 0.903. The first-order valence-electron chi connectivity index (χ1n) is 7.78. The maximum Gasteiger partial charge on any atom is 0.262 e. The number of halogens is 1. The van der Waals surface area contributed by atoms with Crippen molar-refractivity contribution in [1.29, 1.82) is 0 Å². The Hall–Kier alpha value is -2.93. The molecular formula is C18H17FN2O4. The van der Waals surface area contributed by atoms with E-state index < -0.39 is 0 Å². The molecule has 0 unspecified atom stereocenters. The SMILES string of the molecule is O=C(COc1ccc(F)cc1)Nc1ccc(N2CCOCC2=O)cc1. The number of benzene rings is 2. The molecule has 2 aromatic carbocycles. The highest BCUT2D eigenvalue weighted by Crippen LogP contribution is 2.19. The molecule has 0 bridgehead atoms. The second-order valence-electron chi connectivity index (χ2n) is 5.44. The first kappa shape index (κ1) is 16.9. The molecule has 25 heavy (non-hydrogen) atoms. The number of carbonyl (C=O) groups excluding carboxylic acids is 2. The van der Waals surface area contributed by atoms with Gasteiger partial charge in [0.15, 0.2) is 6.61 Å². The van der Waals surface area contributed by atoms with Crippen LogP contribution in [0.3, 0.4) is 0 Å². The molecule has 2 amide bonds. The summed E-state index contributed by atoms with van der Waals surface area (Å²) in [5.74, 6) is -0.372. The molecule has 1 fully saturated rings. The second kappa shape index (κ2) is 7.76. The zero-order valence-electron chi connectivity index (χ0n) is 13.4. The maximum absolute atomic E-state index is 12.8. The van der Waals surface area contributed by atoms with Crippen molar-refractivity contribution in [3.8, 4) is 5.75 Å². The van der Waals surface area contributed by atoms with E-state index in [0.29, 0.717) is 24.6 Å². The fraction of sp³-hybridized carbons (Fsp3) is 0.222. The first-order chi connectivity index (χ1) is 12.1. The van der Waals surface area contributed by atoms with E-state index in [9.17, 15) is 14.0 Å². The molecule has 0 aliphatic carbocycles. The van der Waals surface area contributed by atoms with Crippen LogP contribution in [0, 0.1) is 5.82 Å². The lowest BCUT2D eigenvalue weighted by atomic mass is 10.2. The molecule has 6 nitrogen and oxygen atoms in total. The summed E-state index contributed by atoms with van der Waals surface area (Å²) in [6.45, 7) is 0.912. The van der Waals surface area contributed by atoms with Crippen molar-refractivity contribution in [2.75, 3.05) is 36.6 Å². The third kappa shape index (κ3) is 4.54. The highest BCUT2D eigenvalue weighted by atomic mass is 19.1. The molecule has 1 saturated heterocycles. The summed E-state index contributed by atoms with van der Waals surface area (Å²) in [5.41, 5.74) is 1.35. The third-order valence-corrected chi connectivity index (χ3v) is 3.63. The van der Waals surface area contributed by atoms with Gasteiger partial charge in [-0.05, 0) is 48.5 Å². The van der Waals surface area contributed by atoms with Gasteiger partial charge in [-0.1, -0.05) is 0 Å². The smallest absolute Gasteiger partial charge is 0.262 e. The highest BCUT2D eigenvalue weighted by molar-refractivity contribution is 5.96. The Morgan fingerprint density at radius 1 is 1.16 bits per heavy atom. The molecule has 0 aromatic heterocycles. The Morgan fingerprint density at radius 2 is 1.88 bits per heavy atom. The highest BCUT2D eigenvalue weighted by Gasteiger charge is 2.19. The van der Waals surface area contributed by atoms with Crippen molar-refractivity contribution >= 4 is 23.2 Å². The number of morpholine rings is 1. The van der Waals surface area contributed by atoms with Crippen LogP contribution in [0.4, 0.5) is 15.8 Å². The number of anilines is 2. The number of nitrogens with zero attached hydrogens (tertiary/aromatic N) is 1. The van der Waals surface area contributed by atoms with E-state index in [0.717, 1.165) is 5.69 Å². The van der Waals surface area contributed by atoms with Crippen LogP contribution in [0.5, 0.6) is 5.75 Å². The molecule has 1 heterocycles. The van der Waals surface area contributed by atoms with Gasteiger partial charge in [0.05, 0.1) is 6.61 Å². The normalized spacial score (nSPS) is 14.3. The number of nitrogens with one attached hydrogen (secondary N) is 1. The van der Waals surface area contributed by atoms with Crippen molar-refractivity contribution in [3.63, 3.8) is 0 Å². The van der Waals surface area contributed by atoms with Crippen molar-refractivity contribution in [3.05, 3.63) is 54.3 Å². The maximum atomic E-state index is 12.8. The topological polar surface area (TPSA) is 67.9 Å². The largest absolute Gasteiger partial charge is 0.484 e. The first-order valence-corrected chi connectivity index (χ1v) is 7.78. The molecule has 1 N–H and O–H groups in total. The Morgan fingerprint density at radius 3 is 2.56 bits per heavy atom. The summed E-state index contributed by atoms with van der Waals surface area (Å²) in [7, 11) is 0. The number of amides is 2.